The maximum absolute atomic E-state index is 13.9. The standard InChI is InChI=1S/C25H26F5N7O2/c1-14-32-12-16(24(2,39)13-33-19-6-9-31-22(35-19)25(28,29)30)20(34-14)15-7-10-37(11-8-15)23(38)36-21-17(26)4-3-5-18(21)27/h3-6,9,12,15,39H,7-8,10-11,13H2,1-2H3,(H,36,38)(H,31,33,35). The highest BCUT2D eigenvalue weighted by atomic mass is 19.4. The molecule has 0 radical (unpaired) electrons. The number of anilines is 2. The zero-order valence-corrected chi connectivity index (χ0v) is 21.1. The third kappa shape index (κ3) is 6.56. The van der Waals surface area contributed by atoms with Gasteiger partial charge in [0.15, 0.2) is 0 Å². The van der Waals surface area contributed by atoms with E-state index >= 15 is 0 Å². The third-order valence-corrected chi connectivity index (χ3v) is 6.41. The van der Waals surface area contributed by atoms with Crippen LogP contribution in [-0.2, 0) is 11.8 Å². The number of urea groups is 1. The number of benzene rings is 1. The van der Waals surface area contributed by atoms with Gasteiger partial charge in [0.25, 0.3) is 0 Å². The lowest BCUT2D eigenvalue weighted by molar-refractivity contribution is -0.144. The number of para-hydroxylation sites is 1. The number of nitrogens with zero attached hydrogens (tertiary/aromatic N) is 5. The molecule has 39 heavy (non-hydrogen) atoms. The number of piperidine rings is 1. The van der Waals surface area contributed by atoms with Crippen LogP contribution < -0.4 is 10.6 Å². The van der Waals surface area contributed by atoms with E-state index in [-0.39, 0.29) is 31.4 Å². The second-order valence-corrected chi connectivity index (χ2v) is 9.39. The Hall–Kier alpha value is -3.94. The molecule has 2 aromatic heterocycles. The largest absolute Gasteiger partial charge is 0.451 e. The molecule has 3 N–H and O–H groups in total. The number of alkyl halides is 3. The Morgan fingerprint density at radius 3 is 2.41 bits per heavy atom. The van der Waals surface area contributed by atoms with Gasteiger partial charge in [-0.05, 0) is 44.9 Å². The summed E-state index contributed by atoms with van der Waals surface area (Å²) in [7, 11) is 0. The van der Waals surface area contributed by atoms with Crippen molar-refractivity contribution >= 4 is 17.5 Å². The van der Waals surface area contributed by atoms with Crippen molar-refractivity contribution < 1.29 is 31.9 Å². The molecule has 0 saturated carbocycles. The van der Waals surface area contributed by atoms with E-state index in [4.69, 9.17) is 0 Å². The molecule has 2 amide bonds. The van der Waals surface area contributed by atoms with Gasteiger partial charge in [-0.15, -0.1) is 0 Å². The van der Waals surface area contributed by atoms with Gasteiger partial charge in [0.1, 0.15) is 34.6 Å². The van der Waals surface area contributed by atoms with Gasteiger partial charge in [-0.2, -0.15) is 13.2 Å². The van der Waals surface area contributed by atoms with Crippen LogP contribution in [0.15, 0.2) is 36.7 Å². The molecule has 0 bridgehead atoms. The predicted molar refractivity (Wildman–Crippen MR) is 131 cm³/mol. The molecule has 1 fully saturated rings. The van der Waals surface area contributed by atoms with Crippen molar-refractivity contribution in [3.05, 3.63) is 71.2 Å². The average molecular weight is 552 g/mol. The van der Waals surface area contributed by atoms with Crippen LogP contribution in [0.4, 0.5) is 38.3 Å². The first-order valence-corrected chi connectivity index (χ1v) is 12.1. The van der Waals surface area contributed by atoms with E-state index in [0.29, 0.717) is 29.9 Å². The number of likely N-dealkylation sites (tertiary alicyclic amines) is 1. The minimum Gasteiger partial charge on any atom is -0.383 e. The van der Waals surface area contributed by atoms with Crippen molar-refractivity contribution in [3.8, 4) is 0 Å². The Morgan fingerprint density at radius 1 is 1.10 bits per heavy atom. The summed E-state index contributed by atoms with van der Waals surface area (Å²) in [6.07, 6.45) is -1.38. The lowest BCUT2D eigenvalue weighted by Gasteiger charge is -2.34. The van der Waals surface area contributed by atoms with Crippen LogP contribution in [0.3, 0.4) is 0 Å². The summed E-state index contributed by atoms with van der Waals surface area (Å²) in [6.45, 7) is 3.49. The number of hydrogen-bond acceptors (Lipinski definition) is 7. The van der Waals surface area contributed by atoms with Crippen LogP contribution in [0.25, 0.3) is 0 Å². The first-order valence-electron chi connectivity index (χ1n) is 12.1. The molecule has 1 saturated heterocycles. The van der Waals surface area contributed by atoms with Gasteiger partial charge in [-0.1, -0.05) is 6.07 Å². The Balaban J connectivity index is 1.45. The van der Waals surface area contributed by atoms with Crippen molar-refractivity contribution in [2.24, 2.45) is 0 Å². The maximum atomic E-state index is 13.9. The molecule has 1 aliphatic heterocycles. The molecule has 1 atom stereocenters. The monoisotopic (exact) mass is 551 g/mol. The Bertz CT molecular complexity index is 1320. The van der Waals surface area contributed by atoms with Gasteiger partial charge in [0, 0.05) is 43.5 Å². The zero-order chi connectivity index (χ0) is 28.4. The molecule has 4 rings (SSSR count). The quantitative estimate of drug-likeness (QED) is 0.384. The lowest BCUT2D eigenvalue weighted by Crippen LogP contribution is -2.41. The van der Waals surface area contributed by atoms with Gasteiger partial charge in [0.05, 0.1) is 5.69 Å². The number of nitrogens with one attached hydrogen (secondary N) is 2. The zero-order valence-electron chi connectivity index (χ0n) is 21.1. The first-order chi connectivity index (χ1) is 18.3. The Kier molecular flexibility index (Phi) is 7.95. The minimum atomic E-state index is -4.71. The molecule has 9 nitrogen and oxygen atoms in total. The van der Waals surface area contributed by atoms with E-state index in [1.165, 1.54) is 30.2 Å². The third-order valence-electron chi connectivity index (χ3n) is 6.41. The van der Waals surface area contributed by atoms with Gasteiger partial charge in [-0.25, -0.2) is 33.5 Å². The number of carbonyl (C=O) groups excluding carboxylic acids is 1. The Morgan fingerprint density at radius 2 is 1.77 bits per heavy atom. The topological polar surface area (TPSA) is 116 Å². The molecule has 3 heterocycles. The van der Waals surface area contributed by atoms with Crippen LogP contribution in [0.1, 0.15) is 48.6 Å². The number of rotatable bonds is 6. The fourth-order valence-corrected chi connectivity index (χ4v) is 4.32. The van der Waals surface area contributed by atoms with Gasteiger partial charge in [-0.3, -0.25) is 0 Å². The SMILES string of the molecule is Cc1ncc(C(C)(O)CNc2ccnc(C(F)(F)F)n2)c(C2CCN(C(=O)Nc3c(F)cccc3F)CC2)n1. The number of halogens is 5. The van der Waals surface area contributed by atoms with E-state index in [1.807, 2.05) is 0 Å². The summed E-state index contributed by atoms with van der Waals surface area (Å²) in [5.74, 6) is -2.91. The molecule has 1 aliphatic rings. The molecule has 14 heteroatoms. The van der Waals surface area contributed by atoms with Gasteiger partial charge < -0.3 is 20.6 Å². The minimum absolute atomic E-state index is 0.113. The lowest BCUT2D eigenvalue weighted by atomic mass is 9.85. The molecular formula is C25H26F5N7O2. The van der Waals surface area contributed by atoms with E-state index in [0.717, 1.165) is 18.3 Å². The fourth-order valence-electron chi connectivity index (χ4n) is 4.32. The smallest absolute Gasteiger partial charge is 0.383 e. The normalized spacial score (nSPS) is 16.1. The molecule has 1 aromatic carbocycles. The van der Waals surface area contributed by atoms with Gasteiger partial charge >= 0.3 is 12.2 Å². The molecular weight excluding hydrogens is 525 g/mol. The number of amides is 2. The summed E-state index contributed by atoms with van der Waals surface area (Å²) in [5.41, 5.74) is -1.19. The first kappa shape index (κ1) is 28.1. The summed E-state index contributed by atoms with van der Waals surface area (Å²) in [5, 5.41) is 16.3. The van der Waals surface area contributed by atoms with Crippen LogP contribution in [0, 0.1) is 18.6 Å². The average Bonchev–Trinajstić information content (AvgIpc) is 2.89. The number of aromatic nitrogens is 4. The number of hydrogen-bond donors (Lipinski definition) is 3. The molecule has 0 aliphatic carbocycles. The number of aryl methyl sites for hydroxylation is 1. The highest BCUT2D eigenvalue weighted by Crippen LogP contribution is 2.34. The summed E-state index contributed by atoms with van der Waals surface area (Å²) < 4.78 is 66.7. The van der Waals surface area contributed by atoms with E-state index in [1.54, 1.807) is 6.92 Å². The van der Waals surface area contributed by atoms with E-state index in [2.05, 4.69) is 30.6 Å². The number of aliphatic hydroxyl groups is 1. The molecule has 3 aromatic rings. The van der Waals surface area contributed by atoms with Crippen LogP contribution >= 0.6 is 0 Å². The summed E-state index contributed by atoms with van der Waals surface area (Å²) in [4.78, 5) is 29.5. The highest BCUT2D eigenvalue weighted by Gasteiger charge is 2.36. The fraction of sp³-hybridized carbons (Fsp3) is 0.400. The van der Waals surface area contributed by atoms with Crippen molar-refractivity contribution in [3.63, 3.8) is 0 Å². The Labute approximate surface area is 220 Å². The molecule has 0 spiro atoms. The highest BCUT2D eigenvalue weighted by molar-refractivity contribution is 5.89. The van der Waals surface area contributed by atoms with E-state index in [9.17, 15) is 31.9 Å². The van der Waals surface area contributed by atoms with Crippen molar-refractivity contribution in [2.75, 3.05) is 30.3 Å². The second kappa shape index (κ2) is 11.0. The van der Waals surface area contributed by atoms with Crippen molar-refractivity contribution in [2.45, 2.75) is 44.4 Å². The van der Waals surface area contributed by atoms with Crippen LogP contribution in [0.2, 0.25) is 0 Å². The van der Waals surface area contributed by atoms with E-state index < -0.39 is 41.0 Å². The van der Waals surface area contributed by atoms with Gasteiger partial charge in [0.2, 0.25) is 5.82 Å². The van der Waals surface area contributed by atoms with Crippen LogP contribution in [-0.4, -0.2) is 55.6 Å². The summed E-state index contributed by atoms with van der Waals surface area (Å²) in [6, 6.07) is 3.90. The summed E-state index contributed by atoms with van der Waals surface area (Å²) >= 11 is 0. The van der Waals surface area contributed by atoms with Crippen molar-refractivity contribution in [1.29, 1.82) is 0 Å². The molecule has 208 valence electrons. The predicted octanol–water partition coefficient (Wildman–Crippen LogP) is 4.60. The molecule has 1 unspecified atom stereocenters. The van der Waals surface area contributed by atoms with Crippen LogP contribution in [0.5, 0.6) is 0 Å². The van der Waals surface area contributed by atoms with Crippen molar-refractivity contribution in [1.82, 2.24) is 24.8 Å². The second-order valence-electron chi connectivity index (χ2n) is 9.39. The maximum Gasteiger partial charge on any atom is 0.451 e. The number of carbonyl (C=O) groups is 1.